The molecule has 1 aromatic rings. The zero-order valence-electron chi connectivity index (χ0n) is 15.9. The van der Waals surface area contributed by atoms with Crippen LogP contribution >= 0.6 is 35.3 Å². The third kappa shape index (κ3) is 8.66. The van der Waals surface area contributed by atoms with E-state index < -0.39 is 0 Å². The number of nitrogens with one attached hydrogen (secondary N) is 2. The van der Waals surface area contributed by atoms with Crippen LogP contribution < -0.4 is 10.6 Å². The molecule has 26 heavy (non-hydrogen) atoms. The molecule has 2 heterocycles. The summed E-state index contributed by atoms with van der Waals surface area (Å²) in [5.74, 6) is 1.16. The van der Waals surface area contributed by atoms with Crippen LogP contribution in [-0.4, -0.2) is 54.5 Å². The number of rotatable bonds is 8. The summed E-state index contributed by atoms with van der Waals surface area (Å²) < 4.78 is 0. The van der Waals surface area contributed by atoms with Gasteiger partial charge in [0.1, 0.15) is 0 Å². The normalized spacial score (nSPS) is 15.4. The van der Waals surface area contributed by atoms with E-state index >= 15 is 0 Å². The number of hydrogen-bond donors (Lipinski definition) is 2. The van der Waals surface area contributed by atoms with Gasteiger partial charge < -0.3 is 15.5 Å². The summed E-state index contributed by atoms with van der Waals surface area (Å²) in [6.45, 7) is 8.27. The van der Waals surface area contributed by atoms with Crippen molar-refractivity contribution in [2.75, 3.05) is 32.7 Å². The van der Waals surface area contributed by atoms with Gasteiger partial charge in [0.2, 0.25) is 5.91 Å². The Bertz CT molecular complexity index is 564. The summed E-state index contributed by atoms with van der Waals surface area (Å²) in [5, 5.41) is 7.79. The van der Waals surface area contributed by atoms with Gasteiger partial charge in [0.25, 0.3) is 0 Å². The number of thiazole rings is 1. The van der Waals surface area contributed by atoms with Crippen molar-refractivity contribution in [1.82, 2.24) is 20.5 Å². The number of hydrogen-bond acceptors (Lipinski definition) is 4. The van der Waals surface area contributed by atoms with Crippen molar-refractivity contribution in [1.29, 1.82) is 0 Å². The van der Waals surface area contributed by atoms with Crippen LogP contribution in [0.15, 0.2) is 11.2 Å². The molecular formula is C18H32IN5OS. The molecule has 2 N–H and O–H groups in total. The second kappa shape index (κ2) is 13.3. The van der Waals surface area contributed by atoms with Gasteiger partial charge in [-0.15, -0.1) is 35.3 Å². The van der Waals surface area contributed by atoms with E-state index in [0.717, 1.165) is 69.4 Å². The molecule has 0 unspecified atom stereocenters. The lowest BCUT2D eigenvalue weighted by Gasteiger charge is -2.20. The number of guanidine groups is 1. The van der Waals surface area contributed by atoms with Crippen molar-refractivity contribution < 1.29 is 4.79 Å². The molecule has 8 heteroatoms. The molecule has 0 bridgehead atoms. The first-order valence-corrected chi connectivity index (χ1v) is 10.2. The third-order valence-electron chi connectivity index (χ3n) is 4.17. The van der Waals surface area contributed by atoms with Crippen molar-refractivity contribution in [3.8, 4) is 0 Å². The summed E-state index contributed by atoms with van der Waals surface area (Å²) in [7, 11) is 0. The molecule has 0 spiro atoms. The molecule has 1 aliphatic heterocycles. The minimum atomic E-state index is 0. The first-order valence-electron chi connectivity index (χ1n) is 9.40. The average Bonchev–Trinajstić information content (AvgIpc) is 2.90. The number of carbonyl (C=O) groups excluding carboxylic acids is 1. The van der Waals surface area contributed by atoms with E-state index in [1.54, 1.807) is 11.3 Å². The quantitative estimate of drug-likeness (QED) is 0.253. The van der Waals surface area contributed by atoms with Crippen LogP contribution in [0.4, 0.5) is 0 Å². The summed E-state index contributed by atoms with van der Waals surface area (Å²) >= 11 is 1.74. The van der Waals surface area contributed by atoms with Crippen molar-refractivity contribution in [3.63, 3.8) is 0 Å². The highest BCUT2D eigenvalue weighted by molar-refractivity contribution is 14.0. The molecule has 2 rings (SSSR count). The van der Waals surface area contributed by atoms with Gasteiger partial charge in [-0.1, -0.05) is 6.42 Å². The van der Waals surface area contributed by atoms with Gasteiger partial charge in [-0.3, -0.25) is 9.79 Å². The van der Waals surface area contributed by atoms with Crippen molar-refractivity contribution >= 4 is 47.2 Å². The summed E-state index contributed by atoms with van der Waals surface area (Å²) in [5.41, 5.74) is 0. The van der Waals surface area contributed by atoms with Crippen LogP contribution in [0.2, 0.25) is 0 Å². The zero-order chi connectivity index (χ0) is 17.9. The van der Waals surface area contributed by atoms with Gasteiger partial charge in [-0.25, -0.2) is 4.98 Å². The van der Waals surface area contributed by atoms with Gasteiger partial charge in [-0.05, 0) is 33.1 Å². The molecule has 1 saturated heterocycles. The number of aromatic nitrogens is 1. The minimum absolute atomic E-state index is 0. The summed E-state index contributed by atoms with van der Waals surface area (Å²) in [4.78, 5) is 24.2. The van der Waals surface area contributed by atoms with E-state index in [9.17, 15) is 4.79 Å². The second-order valence-electron chi connectivity index (χ2n) is 6.35. The maximum absolute atomic E-state index is 12.0. The molecule has 0 aromatic carbocycles. The SMILES string of the molecule is CCNC(=NCCCN1CCCCCC1=O)NCCc1ncc(C)s1.I. The van der Waals surface area contributed by atoms with Gasteiger partial charge in [-0.2, -0.15) is 0 Å². The fourth-order valence-corrected chi connectivity index (χ4v) is 3.66. The maximum atomic E-state index is 12.0. The predicted octanol–water partition coefficient (Wildman–Crippen LogP) is 2.96. The topological polar surface area (TPSA) is 69.6 Å². The highest BCUT2D eigenvalue weighted by Gasteiger charge is 2.15. The molecule has 0 atom stereocenters. The van der Waals surface area contributed by atoms with E-state index in [1.165, 1.54) is 11.3 Å². The van der Waals surface area contributed by atoms with E-state index in [4.69, 9.17) is 0 Å². The Hall–Kier alpha value is -0.900. The van der Waals surface area contributed by atoms with Crippen LogP contribution in [-0.2, 0) is 11.2 Å². The Morgan fingerprint density at radius 1 is 1.35 bits per heavy atom. The van der Waals surface area contributed by atoms with Crippen LogP contribution in [0.3, 0.4) is 0 Å². The van der Waals surface area contributed by atoms with Gasteiger partial charge in [0.05, 0.1) is 5.01 Å². The van der Waals surface area contributed by atoms with E-state index in [2.05, 4.69) is 34.5 Å². The van der Waals surface area contributed by atoms with Crippen LogP contribution in [0, 0.1) is 6.92 Å². The molecule has 6 nitrogen and oxygen atoms in total. The lowest BCUT2D eigenvalue weighted by atomic mass is 10.2. The first kappa shape index (κ1) is 23.1. The van der Waals surface area contributed by atoms with E-state index in [-0.39, 0.29) is 24.0 Å². The monoisotopic (exact) mass is 493 g/mol. The number of amides is 1. The molecular weight excluding hydrogens is 461 g/mol. The van der Waals surface area contributed by atoms with Crippen molar-refractivity contribution in [2.24, 2.45) is 4.99 Å². The molecule has 0 saturated carbocycles. The number of halogens is 1. The number of likely N-dealkylation sites (tertiary alicyclic amines) is 1. The van der Waals surface area contributed by atoms with Gasteiger partial charge in [0, 0.05) is 56.6 Å². The lowest BCUT2D eigenvalue weighted by molar-refractivity contribution is -0.130. The first-order chi connectivity index (χ1) is 12.2. The highest BCUT2D eigenvalue weighted by atomic mass is 127. The van der Waals surface area contributed by atoms with Gasteiger partial charge >= 0.3 is 0 Å². The number of aryl methyl sites for hydroxylation is 1. The number of aliphatic imine (C=N–C) groups is 1. The molecule has 1 aliphatic rings. The lowest BCUT2D eigenvalue weighted by Crippen LogP contribution is -2.38. The molecule has 1 fully saturated rings. The largest absolute Gasteiger partial charge is 0.357 e. The molecule has 0 aliphatic carbocycles. The molecule has 1 amide bonds. The minimum Gasteiger partial charge on any atom is -0.357 e. The Labute approximate surface area is 178 Å². The summed E-state index contributed by atoms with van der Waals surface area (Å²) in [6, 6.07) is 0. The van der Waals surface area contributed by atoms with Crippen LogP contribution in [0.25, 0.3) is 0 Å². The second-order valence-corrected chi connectivity index (χ2v) is 7.67. The Morgan fingerprint density at radius 3 is 2.92 bits per heavy atom. The standard InChI is InChI=1S/C18H31N5OS.HI/c1-3-19-18(21-11-9-16-22-14-15(2)25-16)20-10-7-13-23-12-6-4-5-8-17(23)24;/h14H,3-13H2,1-2H3,(H2,19,20,21);1H. The number of nitrogens with zero attached hydrogens (tertiary/aromatic N) is 3. The zero-order valence-corrected chi connectivity index (χ0v) is 19.1. The van der Waals surface area contributed by atoms with Crippen LogP contribution in [0.1, 0.15) is 48.9 Å². The Morgan fingerprint density at radius 2 is 2.19 bits per heavy atom. The van der Waals surface area contributed by atoms with Crippen molar-refractivity contribution in [3.05, 3.63) is 16.1 Å². The smallest absolute Gasteiger partial charge is 0.222 e. The van der Waals surface area contributed by atoms with E-state index in [1.807, 2.05) is 11.1 Å². The third-order valence-corrected chi connectivity index (χ3v) is 5.14. The van der Waals surface area contributed by atoms with E-state index in [0.29, 0.717) is 12.3 Å². The maximum Gasteiger partial charge on any atom is 0.222 e. The Balaban J connectivity index is 0.00000338. The predicted molar refractivity (Wildman–Crippen MR) is 120 cm³/mol. The van der Waals surface area contributed by atoms with Gasteiger partial charge in [0.15, 0.2) is 5.96 Å². The molecule has 148 valence electrons. The Kier molecular flexibility index (Phi) is 11.8. The highest BCUT2D eigenvalue weighted by Crippen LogP contribution is 2.12. The fourth-order valence-electron chi connectivity index (χ4n) is 2.87. The molecule has 0 radical (unpaired) electrons. The number of carbonyl (C=O) groups is 1. The summed E-state index contributed by atoms with van der Waals surface area (Å²) in [6.07, 6.45) is 7.80. The fraction of sp³-hybridized carbons (Fsp3) is 0.722. The average molecular weight is 493 g/mol. The molecule has 1 aromatic heterocycles. The van der Waals surface area contributed by atoms with Crippen LogP contribution in [0.5, 0.6) is 0 Å². The van der Waals surface area contributed by atoms with Crippen molar-refractivity contribution in [2.45, 2.75) is 52.4 Å².